The minimum Gasteiger partial charge on any atom is -0.337 e. The first-order valence-electron chi connectivity index (χ1n) is 7.74. The number of halogens is 2. The number of aryl methyl sites for hydroxylation is 2. The van der Waals surface area contributed by atoms with Gasteiger partial charge in [0.05, 0.1) is 6.07 Å². The van der Waals surface area contributed by atoms with Gasteiger partial charge in [-0.25, -0.2) is 8.78 Å². The molecular weight excluding hydrogens is 342 g/mol. The number of hydrogen-bond donors (Lipinski definition) is 1. The molecule has 2 aromatic carbocycles. The van der Waals surface area contributed by atoms with E-state index in [4.69, 9.17) is 5.26 Å². The number of nitrogens with zero attached hydrogens (tertiary/aromatic N) is 1. The maximum absolute atomic E-state index is 13.7. The fourth-order valence-corrected chi connectivity index (χ4v) is 3.16. The summed E-state index contributed by atoms with van der Waals surface area (Å²) in [5, 5.41) is 11.6. The number of nitrogens with one attached hydrogen (secondary N) is 1. The third-order valence-corrected chi connectivity index (χ3v) is 4.78. The molecule has 0 aliphatic rings. The number of thioether (sulfide) groups is 1. The Labute approximate surface area is 150 Å². The summed E-state index contributed by atoms with van der Waals surface area (Å²) in [6.45, 7) is 4.06. The van der Waals surface area contributed by atoms with E-state index < -0.39 is 17.7 Å². The first-order chi connectivity index (χ1) is 11.9. The van der Waals surface area contributed by atoms with E-state index in [0.29, 0.717) is 11.8 Å². The van der Waals surface area contributed by atoms with Gasteiger partial charge in [0.25, 0.3) is 0 Å². The molecule has 1 N–H and O–H groups in total. The number of amides is 1. The smallest absolute Gasteiger partial charge is 0.222 e. The SMILES string of the molecule is Cc1ccc(SCCC(=O)NC(C#N)c2ccc(F)cc2F)cc1C. The standard InChI is InChI=1S/C19H18F2N2OS/c1-12-3-5-15(9-13(12)2)25-8-7-19(24)23-18(11-22)16-6-4-14(20)10-17(16)21/h3-6,9-10,18H,7-8H2,1-2H3,(H,23,24). The van der Waals surface area contributed by atoms with Gasteiger partial charge in [-0.1, -0.05) is 12.1 Å². The maximum Gasteiger partial charge on any atom is 0.222 e. The average Bonchev–Trinajstić information content (AvgIpc) is 2.56. The van der Waals surface area contributed by atoms with Crippen LogP contribution in [0.2, 0.25) is 0 Å². The van der Waals surface area contributed by atoms with E-state index in [2.05, 4.69) is 11.4 Å². The Morgan fingerprint density at radius 2 is 1.96 bits per heavy atom. The third kappa shape index (κ3) is 5.30. The quantitative estimate of drug-likeness (QED) is 0.775. The number of nitriles is 1. The van der Waals surface area contributed by atoms with Gasteiger partial charge in [-0.2, -0.15) is 5.26 Å². The molecule has 25 heavy (non-hydrogen) atoms. The Morgan fingerprint density at radius 1 is 1.20 bits per heavy atom. The molecule has 130 valence electrons. The summed E-state index contributed by atoms with van der Waals surface area (Å²) in [5.74, 6) is -1.39. The average molecular weight is 360 g/mol. The van der Waals surface area contributed by atoms with Crippen LogP contribution in [0.25, 0.3) is 0 Å². The molecule has 3 nitrogen and oxygen atoms in total. The summed E-state index contributed by atoms with van der Waals surface area (Å²) in [6, 6.07) is 9.70. The minimum absolute atomic E-state index is 0.0425. The lowest BCUT2D eigenvalue weighted by atomic mass is 10.1. The largest absolute Gasteiger partial charge is 0.337 e. The van der Waals surface area contributed by atoms with Crippen molar-refractivity contribution < 1.29 is 13.6 Å². The highest BCUT2D eigenvalue weighted by atomic mass is 32.2. The van der Waals surface area contributed by atoms with Crippen molar-refractivity contribution in [3.63, 3.8) is 0 Å². The second-order valence-electron chi connectivity index (χ2n) is 5.64. The molecule has 0 radical (unpaired) electrons. The predicted molar refractivity (Wildman–Crippen MR) is 94.1 cm³/mol. The number of carbonyl (C=O) groups is 1. The minimum atomic E-state index is -1.14. The highest BCUT2D eigenvalue weighted by Crippen LogP contribution is 2.22. The van der Waals surface area contributed by atoms with Crippen LogP contribution in [0.4, 0.5) is 8.78 Å². The van der Waals surface area contributed by atoms with Crippen LogP contribution >= 0.6 is 11.8 Å². The molecule has 1 unspecified atom stereocenters. The summed E-state index contributed by atoms with van der Waals surface area (Å²) in [5.41, 5.74) is 2.35. The zero-order valence-corrected chi connectivity index (χ0v) is 14.8. The number of rotatable bonds is 6. The molecule has 2 rings (SSSR count). The fraction of sp³-hybridized carbons (Fsp3) is 0.263. The van der Waals surface area contributed by atoms with Gasteiger partial charge in [-0.05, 0) is 43.2 Å². The summed E-state index contributed by atoms with van der Waals surface area (Å²) >= 11 is 1.54. The molecule has 0 bridgehead atoms. The molecular formula is C19H18F2N2OS. The fourth-order valence-electron chi connectivity index (χ4n) is 2.21. The third-order valence-electron chi connectivity index (χ3n) is 3.78. The second-order valence-corrected chi connectivity index (χ2v) is 6.81. The Morgan fingerprint density at radius 3 is 2.60 bits per heavy atom. The van der Waals surface area contributed by atoms with Crippen molar-refractivity contribution in [2.24, 2.45) is 0 Å². The number of carbonyl (C=O) groups excluding carboxylic acids is 1. The van der Waals surface area contributed by atoms with E-state index in [1.807, 2.05) is 32.0 Å². The lowest BCUT2D eigenvalue weighted by Gasteiger charge is -2.13. The maximum atomic E-state index is 13.7. The first kappa shape index (κ1) is 18.9. The number of hydrogen-bond acceptors (Lipinski definition) is 3. The highest BCUT2D eigenvalue weighted by Gasteiger charge is 2.18. The van der Waals surface area contributed by atoms with Crippen LogP contribution in [-0.4, -0.2) is 11.7 Å². The zero-order chi connectivity index (χ0) is 18.4. The van der Waals surface area contributed by atoms with Gasteiger partial charge in [0.2, 0.25) is 5.91 Å². The Hall–Kier alpha value is -2.39. The molecule has 0 fully saturated rings. The monoisotopic (exact) mass is 360 g/mol. The van der Waals surface area contributed by atoms with Crippen molar-refractivity contribution in [3.05, 3.63) is 64.7 Å². The molecule has 1 atom stereocenters. The van der Waals surface area contributed by atoms with Gasteiger partial charge >= 0.3 is 0 Å². The van der Waals surface area contributed by atoms with E-state index in [-0.39, 0.29) is 17.9 Å². The molecule has 6 heteroatoms. The molecule has 0 aliphatic heterocycles. The molecule has 1 amide bonds. The van der Waals surface area contributed by atoms with Gasteiger partial charge < -0.3 is 5.32 Å². The van der Waals surface area contributed by atoms with Crippen molar-refractivity contribution in [2.75, 3.05) is 5.75 Å². The molecule has 0 heterocycles. The molecule has 0 saturated carbocycles. The summed E-state index contributed by atoms with van der Waals surface area (Å²) < 4.78 is 26.7. The summed E-state index contributed by atoms with van der Waals surface area (Å²) in [6.07, 6.45) is 0.193. The van der Waals surface area contributed by atoms with Crippen LogP contribution in [0.5, 0.6) is 0 Å². The van der Waals surface area contributed by atoms with Crippen LogP contribution < -0.4 is 5.32 Å². The van der Waals surface area contributed by atoms with Crippen LogP contribution in [-0.2, 0) is 4.79 Å². The van der Waals surface area contributed by atoms with E-state index in [1.165, 1.54) is 29.0 Å². The zero-order valence-electron chi connectivity index (χ0n) is 14.0. The lowest BCUT2D eigenvalue weighted by molar-refractivity contribution is -0.121. The van der Waals surface area contributed by atoms with Gasteiger partial charge in [-0.15, -0.1) is 11.8 Å². The molecule has 0 spiro atoms. The first-order valence-corrected chi connectivity index (χ1v) is 8.73. The molecule has 0 saturated heterocycles. The van der Waals surface area contributed by atoms with Crippen LogP contribution in [0.15, 0.2) is 41.3 Å². The van der Waals surface area contributed by atoms with Crippen LogP contribution in [0, 0.1) is 36.8 Å². The van der Waals surface area contributed by atoms with Gasteiger partial charge in [0.15, 0.2) is 0 Å². The van der Waals surface area contributed by atoms with E-state index >= 15 is 0 Å². The summed E-state index contributed by atoms with van der Waals surface area (Å²) in [7, 11) is 0. The Kier molecular flexibility index (Phi) is 6.54. The lowest BCUT2D eigenvalue weighted by Crippen LogP contribution is -2.28. The van der Waals surface area contributed by atoms with Crippen molar-refractivity contribution in [1.29, 1.82) is 5.26 Å². The summed E-state index contributed by atoms with van der Waals surface area (Å²) in [4.78, 5) is 13.1. The highest BCUT2D eigenvalue weighted by molar-refractivity contribution is 7.99. The van der Waals surface area contributed by atoms with E-state index in [0.717, 1.165) is 11.0 Å². The van der Waals surface area contributed by atoms with Crippen LogP contribution in [0.3, 0.4) is 0 Å². The van der Waals surface area contributed by atoms with Crippen molar-refractivity contribution >= 4 is 17.7 Å². The van der Waals surface area contributed by atoms with Crippen LogP contribution in [0.1, 0.15) is 29.2 Å². The topological polar surface area (TPSA) is 52.9 Å². The van der Waals surface area contributed by atoms with E-state index in [9.17, 15) is 13.6 Å². The molecule has 0 aromatic heterocycles. The van der Waals surface area contributed by atoms with Gasteiger partial charge in [0, 0.05) is 28.7 Å². The molecule has 2 aromatic rings. The van der Waals surface area contributed by atoms with Crippen molar-refractivity contribution in [1.82, 2.24) is 5.32 Å². The Bertz CT molecular complexity index is 818. The van der Waals surface area contributed by atoms with Gasteiger partial charge in [-0.3, -0.25) is 4.79 Å². The molecule has 0 aliphatic carbocycles. The number of benzene rings is 2. The Balaban J connectivity index is 1.90. The van der Waals surface area contributed by atoms with Crippen molar-refractivity contribution in [2.45, 2.75) is 31.2 Å². The second kappa shape index (κ2) is 8.63. The van der Waals surface area contributed by atoms with E-state index in [1.54, 1.807) is 0 Å². The normalized spacial score (nSPS) is 11.6. The van der Waals surface area contributed by atoms with Gasteiger partial charge in [0.1, 0.15) is 17.7 Å². The van der Waals surface area contributed by atoms with Crippen molar-refractivity contribution in [3.8, 4) is 6.07 Å². The predicted octanol–water partition coefficient (Wildman–Crippen LogP) is 4.44.